The molecule has 2 fully saturated rings. The zero-order valence-corrected chi connectivity index (χ0v) is 15.9. The van der Waals surface area contributed by atoms with Crippen LogP contribution in [0.5, 0.6) is 0 Å². The molecule has 0 spiro atoms. The third kappa shape index (κ3) is 3.62. The molecule has 1 aliphatic carbocycles. The summed E-state index contributed by atoms with van der Waals surface area (Å²) in [6.07, 6.45) is 3.40. The average Bonchev–Trinajstić information content (AvgIpc) is 2.59. The molecule has 0 N–H and O–H groups in total. The zero-order valence-electron chi connectivity index (χ0n) is 14.4. The van der Waals surface area contributed by atoms with Gasteiger partial charge in [0.25, 0.3) is 0 Å². The SMILES string of the molecule is O=C1CO[C@@H](c2cccc(Cl)c2)[C@@H](c2ccc(Cl)cc2)N1CC1CCC1. The van der Waals surface area contributed by atoms with Crippen molar-refractivity contribution in [2.75, 3.05) is 13.2 Å². The van der Waals surface area contributed by atoms with Gasteiger partial charge in [-0.15, -0.1) is 0 Å². The fraction of sp³-hybridized carbons (Fsp3) is 0.381. The van der Waals surface area contributed by atoms with Crippen molar-refractivity contribution in [3.63, 3.8) is 0 Å². The molecule has 1 aliphatic heterocycles. The lowest BCUT2D eigenvalue weighted by atomic mass is 9.83. The third-order valence-electron chi connectivity index (χ3n) is 5.40. The lowest BCUT2D eigenvalue weighted by molar-refractivity contribution is -0.160. The van der Waals surface area contributed by atoms with E-state index in [9.17, 15) is 4.79 Å². The van der Waals surface area contributed by atoms with Crippen molar-refractivity contribution >= 4 is 29.1 Å². The fourth-order valence-electron chi connectivity index (χ4n) is 3.80. The lowest BCUT2D eigenvalue weighted by Gasteiger charge is -2.44. The summed E-state index contributed by atoms with van der Waals surface area (Å²) in [6, 6.07) is 15.2. The van der Waals surface area contributed by atoms with Crippen LogP contribution in [0, 0.1) is 5.92 Å². The van der Waals surface area contributed by atoms with Crippen LogP contribution in [0.1, 0.15) is 42.5 Å². The topological polar surface area (TPSA) is 29.5 Å². The summed E-state index contributed by atoms with van der Waals surface area (Å²) in [5.74, 6) is 0.641. The molecule has 0 bridgehead atoms. The summed E-state index contributed by atoms with van der Waals surface area (Å²) in [5.41, 5.74) is 2.02. The molecule has 5 heteroatoms. The Hall–Kier alpha value is -1.55. The number of hydrogen-bond donors (Lipinski definition) is 0. The van der Waals surface area contributed by atoms with Crippen molar-refractivity contribution in [2.45, 2.75) is 31.4 Å². The predicted octanol–water partition coefficient (Wildman–Crippen LogP) is 5.43. The van der Waals surface area contributed by atoms with E-state index in [0.29, 0.717) is 16.0 Å². The first kappa shape index (κ1) is 17.8. The second-order valence-electron chi connectivity index (χ2n) is 7.13. The molecule has 136 valence electrons. The number of halogens is 2. The quantitative estimate of drug-likeness (QED) is 0.696. The maximum absolute atomic E-state index is 12.7. The molecule has 1 heterocycles. The molecule has 4 rings (SSSR count). The predicted molar refractivity (Wildman–Crippen MR) is 103 cm³/mol. The van der Waals surface area contributed by atoms with Crippen molar-refractivity contribution in [3.8, 4) is 0 Å². The molecule has 1 saturated heterocycles. The van der Waals surface area contributed by atoms with Gasteiger partial charge in [0.2, 0.25) is 5.91 Å². The Morgan fingerprint density at radius 3 is 2.42 bits per heavy atom. The smallest absolute Gasteiger partial charge is 0.249 e. The highest BCUT2D eigenvalue weighted by Crippen LogP contribution is 2.42. The Kier molecular flexibility index (Phi) is 5.21. The van der Waals surface area contributed by atoms with Gasteiger partial charge >= 0.3 is 0 Å². The Bertz CT molecular complexity index is 789. The molecule has 2 atom stereocenters. The summed E-state index contributed by atoms with van der Waals surface area (Å²) < 4.78 is 6.01. The number of nitrogens with zero attached hydrogens (tertiary/aromatic N) is 1. The largest absolute Gasteiger partial charge is 0.361 e. The number of morpholine rings is 1. The van der Waals surface area contributed by atoms with Gasteiger partial charge in [-0.05, 0) is 54.2 Å². The van der Waals surface area contributed by atoms with Gasteiger partial charge in [0.15, 0.2) is 0 Å². The minimum Gasteiger partial charge on any atom is -0.361 e. The number of rotatable bonds is 4. The van der Waals surface area contributed by atoms with E-state index in [1.165, 1.54) is 19.3 Å². The summed E-state index contributed by atoms with van der Waals surface area (Å²) in [4.78, 5) is 14.7. The first-order chi connectivity index (χ1) is 12.6. The van der Waals surface area contributed by atoms with Crippen LogP contribution in [-0.4, -0.2) is 24.0 Å². The van der Waals surface area contributed by atoms with Gasteiger partial charge in [0.05, 0.1) is 6.04 Å². The minimum atomic E-state index is -0.243. The number of ether oxygens (including phenoxy) is 1. The molecular weight excluding hydrogens is 369 g/mol. The van der Waals surface area contributed by atoms with Gasteiger partial charge in [-0.3, -0.25) is 4.79 Å². The fourth-order valence-corrected chi connectivity index (χ4v) is 4.12. The number of amides is 1. The molecule has 1 amide bonds. The second-order valence-corrected chi connectivity index (χ2v) is 8.00. The van der Waals surface area contributed by atoms with Gasteiger partial charge in [-0.1, -0.05) is 53.9 Å². The van der Waals surface area contributed by atoms with Crippen LogP contribution in [0.15, 0.2) is 48.5 Å². The number of benzene rings is 2. The van der Waals surface area contributed by atoms with Crippen LogP contribution in [0.3, 0.4) is 0 Å². The molecule has 2 aromatic carbocycles. The van der Waals surface area contributed by atoms with Crippen molar-refractivity contribution in [2.24, 2.45) is 5.92 Å². The van der Waals surface area contributed by atoms with Gasteiger partial charge in [0.1, 0.15) is 12.7 Å². The number of hydrogen-bond acceptors (Lipinski definition) is 2. The van der Waals surface area contributed by atoms with E-state index >= 15 is 0 Å². The van der Waals surface area contributed by atoms with Crippen LogP contribution in [0.25, 0.3) is 0 Å². The summed E-state index contributed by atoms with van der Waals surface area (Å²) in [6.45, 7) is 0.889. The molecule has 2 aliphatic rings. The Labute approximate surface area is 163 Å². The summed E-state index contributed by atoms with van der Waals surface area (Å²) in [5, 5.41) is 1.35. The Morgan fingerprint density at radius 2 is 1.77 bits per heavy atom. The molecule has 26 heavy (non-hydrogen) atoms. The normalized spacial score (nSPS) is 23.8. The standard InChI is InChI=1S/C21H21Cl2NO2/c22-17-9-7-15(8-10-17)20-21(16-5-2-6-18(23)11-16)26-13-19(25)24(20)12-14-3-1-4-14/h2,5-11,14,20-21H,1,3-4,12-13H2/t20-,21+/m1/s1. The number of carbonyl (C=O) groups is 1. The highest BCUT2D eigenvalue weighted by Gasteiger charge is 2.40. The maximum atomic E-state index is 12.7. The lowest BCUT2D eigenvalue weighted by Crippen LogP contribution is -2.48. The molecule has 0 aromatic heterocycles. The monoisotopic (exact) mass is 389 g/mol. The number of carbonyl (C=O) groups excluding carboxylic acids is 1. The maximum Gasteiger partial charge on any atom is 0.249 e. The zero-order chi connectivity index (χ0) is 18.1. The van der Waals surface area contributed by atoms with E-state index in [1.54, 1.807) is 0 Å². The highest BCUT2D eigenvalue weighted by atomic mass is 35.5. The van der Waals surface area contributed by atoms with Crippen LogP contribution in [0.4, 0.5) is 0 Å². The van der Waals surface area contributed by atoms with Crippen molar-refractivity contribution in [1.82, 2.24) is 4.90 Å². The van der Waals surface area contributed by atoms with Gasteiger partial charge in [0, 0.05) is 16.6 Å². The molecule has 0 radical (unpaired) electrons. The van der Waals surface area contributed by atoms with Crippen LogP contribution >= 0.6 is 23.2 Å². The van der Waals surface area contributed by atoms with Crippen LogP contribution in [-0.2, 0) is 9.53 Å². The van der Waals surface area contributed by atoms with E-state index in [2.05, 4.69) is 0 Å². The van der Waals surface area contributed by atoms with Crippen molar-refractivity contribution in [3.05, 3.63) is 69.7 Å². The average molecular weight is 390 g/mol. The summed E-state index contributed by atoms with van der Waals surface area (Å²) in [7, 11) is 0. The minimum absolute atomic E-state index is 0.0510. The second kappa shape index (κ2) is 7.59. The van der Waals surface area contributed by atoms with Gasteiger partial charge in [-0.2, -0.15) is 0 Å². The van der Waals surface area contributed by atoms with Gasteiger partial charge < -0.3 is 9.64 Å². The Balaban J connectivity index is 1.73. The first-order valence-electron chi connectivity index (χ1n) is 9.04. The molecule has 1 saturated carbocycles. The Morgan fingerprint density at radius 1 is 1.00 bits per heavy atom. The van der Waals surface area contributed by atoms with E-state index in [1.807, 2.05) is 53.4 Å². The summed E-state index contributed by atoms with van der Waals surface area (Å²) >= 11 is 12.3. The third-order valence-corrected chi connectivity index (χ3v) is 5.88. The molecule has 0 unspecified atom stereocenters. The molecule has 3 nitrogen and oxygen atoms in total. The highest BCUT2D eigenvalue weighted by molar-refractivity contribution is 6.30. The van der Waals surface area contributed by atoms with E-state index in [0.717, 1.165) is 17.7 Å². The first-order valence-corrected chi connectivity index (χ1v) is 9.79. The van der Waals surface area contributed by atoms with Gasteiger partial charge in [-0.25, -0.2) is 0 Å². The van der Waals surface area contributed by atoms with E-state index in [4.69, 9.17) is 27.9 Å². The van der Waals surface area contributed by atoms with E-state index in [-0.39, 0.29) is 24.7 Å². The van der Waals surface area contributed by atoms with Crippen LogP contribution < -0.4 is 0 Å². The van der Waals surface area contributed by atoms with E-state index < -0.39 is 0 Å². The van der Waals surface area contributed by atoms with Crippen molar-refractivity contribution in [1.29, 1.82) is 0 Å². The molecule has 2 aromatic rings. The van der Waals surface area contributed by atoms with Crippen molar-refractivity contribution < 1.29 is 9.53 Å². The van der Waals surface area contributed by atoms with Crippen LogP contribution in [0.2, 0.25) is 10.0 Å². The molecular formula is C21H21Cl2NO2.